The van der Waals surface area contributed by atoms with Crippen molar-refractivity contribution < 1.29 is 9.59 Å². The maximum atomic E-state index is 12.8. The molecule has 0 unspecified atom stereocenters. The van der Waals surface area contributed by atoms with E-state index in [1.54, 1.807) is 42.5 Å². The molecule has 4 rings (SSSR count). The average Bonchev–Trinajstić information content (AvgIpc) is 2.86. The maximum Gasteiger partial charge on any atom is 0.255 e. The zero-order valence-electron chi connectivity index (χ0n) is 18.6. The van der Waals surface area contributed by atoms with Crippen molar-refractivity contribution in [3.63, 3.8) is 0 Å². The van der Waals surface area contributed by atoms with Gasteiger partial charge in [0.05, 0.1) is 16.3 Å². The third-order valence-electron chi connectivity index (χ3n) is 6.06. The molecule has 1 saturated heterocycles. The van der Waals surface area contributed by atoms with Crippen LogP contribution in [0.15, 0.2) is 67.0 Å². The highest BCUT2D eigenvalue weighted by molar-refractivity contribution is 6.37. The van der Waals surface area contributed by atoms with Gasteiger partial charge in [-0.1, -0.05) is 35.3 Å². The van der Waals surface area contributed by atoms with Crippen molar-refractivity contribution in [2.45, 2.75) is 19.3 Å². The topological polar surface area (TPSA) is 74.3 Å². The Morgan fingerprint density at radius 1 is 0.971 bits per heavy atom. The van der Waals surface area contributed by atoms with E-state index in [4.69, 9.17) is 23.2 Å². The number of pyridine rings is 1. The van der Waals surface area contributed by atoms with Crippen molar-refractivity contribution in [2.75, 3.05) is 29.9 Å². The molecule has 2 amide bonds. The van der Waals surface area contributed by atoms with Crippen LogP contribution in [0.25, 0.3) is 0 Å². The van der Waals surface area contributed by atoms with E-state index in [-0.39, 0.29) is 16.8 Å². The molecule has 176 valence electrons. The molecule has 0 saturated carbocycles. The SMILES string of the molecule is O=C(Nc1cccc(C(=O)NCCC2CCN(c3ccncc3)CC2)c1Cl)c1cccc(Cl)c1. The highest BCUT2D eigenvalue weighted by Crippen LogP contribution is 2.27. The van der Waals surface area contributed by atoms with E-state index in [1.807, 2.05) is 24.5 Å². The molecule has 34 heavy (non-hydrogen) atoms. The standard InChI is InChI=1S/C26H26Cl2N4O2/c27-20-4-1-3-19(17-20)25(33)31-23-6-2-5-22(24(23)28)26(34)30-14-7-18-10-15-32(16-11-18)21-8-12-29-13-9-21/h1-6,8-9,12-13,17-18H,7,10-11,14-16H2,(H,30,34)(H,31,33). The molecule has 1 aliphatic rings. The number of carbonyl (C=O) groups excluding carboxylic acids is 2. The average molecular weight is 497 g/mol. The fourth-order valence-corrected chi connectivity index (χ4v) is 4.60. The Kier molecular flexibility index (Phi) is 8.03. The molecule has 2 aromatic carbocycles. The molecule has 1 aliphatic heterocycles. The van der Waals surface area contributed by atoms with Crippen molar-refractivity contribution in [1.29, 1.82) is 0 Å². The zero-order valence-corrected chi connectivity index (χ0v) is 20.1. The maximum absolute atomic E-state index is 12.8. The number of carbonyl (C=O) groups is 2. The van der Waals surface area contributed by atoms with Crippen LogP contribution in [0.3, 0.4) is 0 Å². The molecule has 8 heteroatoms. The molecule has 0 aliphatic carbocycles. The van der Waals surface area contributed by atoms with Crippen molar-refractivity contribution in [1.82, 2.24) is 10.3 Å². The van der Waals surface area contributed by atoms with Crippen LogP contribution < -0.4 is 15.5 Å². The van der Waals surface area contributed by atoms with Gasteiger partial charge >= 0.3 is 0 Å². The largest absolute Gasteiger partial charge is 0.371 e. The van der Waals surface area contributed by atoms with Gasteiger partial charge in [-0.05, 0) is 67.6 Å². The molecule has 0 bridgehead atoms. The molecule has 2 N–H and O–H groups in total. The molecule has 6 nitrogen and oxygen atoms in total. The minimum absolute atomic E-state index is 0.209. The van der Waals surface area contributed by atoms with Gasteiger partial charge in [0.15, 0.2) is 0 Å². The van der Waals surface area contributed by atoms with Crippen LogP contribution in [0.2, 0.25) is 10.0 Å². The van der Waals surface area contributed by atoms with Crippen molar-refractivity contribution in [3.8, 4) is 0 Å². The van der Waals surface area contributed by atoms with Crippen LogP contribution in [0, 0.1) is 5.92 Å². The lowest BCUT2D eigenvalue weighted by molar-refractivity contribution is 0.0949. The van der Waals surface area contributed by atoms with E-state index < -0.39 is 0 Å². The summed E-state index contributed by atoms with van der Waals surface area (Å²) in [5, 5.41) is 6.41. The Bertz CT molecular complexity index is 1150. The van der Waals surface area contributed by atoms with Gasteiger partial charge in [0.25, 0.3) is 11.8 Å². The van der Waals surface area contributed by atoms with Crippen molar-refractivity contribution >= 4 is 46.4 Å². The van der Waals surface area contributed by atoms with Gasteiger partial charge in [-0.2, -0.15) is 0 Å². The summed E-state index contributed by atoms with van der Waals surface area (Å²) in [7, 11) is 0. The Morgan fingerprint density at radius 2 is 1.71 bits per heavy atom. The summed E-state index contributed by atoms with van der Waals surface area (Å²) in [5.74, 6) is -0.0321. The summed E-state index contributed by atoms with van der Waals surface area (Å²) in [6.07, 6.45) is 6.73. The van der Waals surface area contributed by atoms with Crippen molar-refractivity contribution in [3.05, 3.63) is 88.2 Å². The van der Waals surface area contributed by atoms with E-state index >= 15 is 0 Å². The monoisotopic (exact) mass is 496 g/mol. The van der Waals surface area contributed by atoms with E-state index in [9.17, 15) is 9.59 Å². The number of hydrogen-bond acceptors (Lipinski definition) is 4. The van der Waals surface area contributed by atoms with Crippen LogP contribution in [0.4, 0.5) is 11.4 Å². The Labute approximate surface area is 209 Å². The second-order valence-electron chi connectivity index (χ2n) is 8.31. The number of nitrogens with one attached hydrogen (secondary N) is 2. The second-order valence-corrected chi connectivity index (χ2v) is 9.13. The summed E-state index contributed by atoms with van der Waals surface area (Å²) in [6.45, 7) is 2.58. The number of piperidine rings is 1. The predicted octanol–water partition coefficient (Wildman–Crippen LogP) is 5.68. The molecule has 0 radical (unpaired) electrons. The molecule has 3 aromatic rings. The highest BCUT2D eigenvalue weighted by atomic mass is 35.5. The Morgan fingerprint density at radius 3 is 2.44 bits per heavy atom. The molecule has 1 aromatic heterocycles. The quantitative estimate of drug-likeness (QED) is 0.441. The molecular weight excluding hydrogens is 471 g/mol. The van der Waals surface area contributed by atoms with Gasteiger partial charge in [0, 0.05) is 48.3 Å². The number of aromatic nitrogens is 1. The third-order valence-corrected chi connectivity index (χ3v) is 6.70. The first-order valence-corrected chi connectivity index (χ1v) is 12.1. The summed E-state index contributed by atoms with van der Waals surface area (Å²) in [6, 6.07) is 15.7. The number of hydrogen-bond donors (Lipinski definition) is 2. The summed E-state index contributed by atoms with van der Waals surface area (Å²) < 4.78 is 0. The summed E-state index contributed by atoms with van der Waals surface area (Å²) >= 11 is 12.4. The zero-order chi connectivity index (χ0) is 23.9. The van der Waals surface area contributed by atoms with Crippen LogP contribution in [-0.2, 0) is 0 Å². The summed E-state index contributed by atoms with van der Waals surface area (Å²) in [5.41, 5.74) is 2.33. The van der Waals surface area contributed by atoms with Gasteiger partial charge in [-0.3, -0.25) is 14.6 Å². The molecule has 1 fully saturated rings. The van der Waals surface area contributed by atoms with E-state index in [0.717, 1.165) is 32.4 Å². The molecule has 0 spiro atoms. The minimum atomic E-state index is -0.347. The smallest absolute Gasteiger partial charge is 0.255 e. The van der Waals surface area contributed by atoms with E-state index in [0.29, 0.717) is 34.3 Å². The van der Waals surface area contributed by atoms with Crippen LogP contribution in [0.5, 0.6) is 0 Å². The number of anilines is 2. The van der Waals surface area contributed by atoms with Gasteiger partial charge < -0.3 is 15.5 Å². The first-order chi connectivity index (χ1) is 16.5. The third kappa shape index (κ3) is 6.07. The first kappa shape index (κ1) is 24.0. The Hall–Kier alpha value is -3.09. The predicted molar refractivity (Wildman–Crippen MR) is 137 cm³/mol. The lowest BCUT2D eigenvalue weighted by Gasteiger charge is -2.33. The van der Waals surface area contributed by atoms with Gasteiger partial charge in [-0.25, -0.2) is 0 Å². The van der Waals surface area contributed by atoms with Crippen molar-refractivity contribution in [2.24, 2.45) is 5.92 Å². The number of amides is 2. The first-order valence-electron chi connectivity index (χ1n) is 11.3. The lowest BCUT2D eigenvalue weighted by Crippen LogP contribution is -2.35. The van der Waals surface area contributed by atoms with Gasteiger partial charge in [0.1, 0.15) is 0 Å². The van der Waals surface area contributed by atoms with Crippen LogP contribution in [0.1, 0.15) is 40.0 Å². The Balaban J connectivity index is 1.28. The van der Waals surface area contributed by atoms with Crippen LogP contribution in [-0.4, -0.2) is 36.4 Å². The van der Waals surface area contributed by atoms with Gasteiger partial charge in [0.2, 0.25) is 0 Å². The fraction of sp³-hybridized carbons (Fsp3) is 0.269. The second kappa shape index (κ2) is 11.4. The summed E-state index contributed by atoms with van der Waals surface area (Å²) in [4.78, 5) is 31.7. The lowest BCUT2D eigenvalue weighted by atomic mass is 9.93. The minimum Gasteiger partial charge on any atom is -0.371 e. The normalized spacial score (nSPS) is 14.0. The number of benzene rings is 2. The van der Waals surface area contributed by atoms with Crippen LogP contribution >= 0.6 is 23.2 Å². The van der Waals surface area contributed by atoms with Gasteiger partial charge in [-0.15, -0.1) is 0 Å². The number of rotatable bonds is 7. The molecular formula is C26H26Cl2N4O2. The number of halogens is 2. The fourth-order valence-electron chi connectivity index (χ4n) is 4.15. The molecule has 0 atom stereocenters. The van der Waals surface area contributed by atoms with E-state index in [1.165, 1.54) is 5.69 Å². The number of nitrogens with zero attached hydrogens (tertiary/aromatic N) is 2. The van der Waals surface area contributed by atoms with E-state index in [2.05, 4.69) is 20.5 Å². The molecule has 2 heterocycles. The highest BCUT2D eigenvalue weighted by Gasteiger charge is 2.20.